The Morgan fingerprint density at radius 3 is 2.32 bits per heavy atom. The molecule has 0 aromatic heterocycles. The highest BCUT2D eigenvalue weighted by molar-refractivity contribution is 6.28. The van der Waals surface area contributed by atoms with Gasteiger partial charge in [0.25, 0.3) is 0 Å². The van der Waals surface area contributed by atoms with E-state index in [2.05, 4.69) is 0 Å². The maximum absolute atomic E-state index is 12.8. The van der Waals surface area contributed by atoms with E-state index in [1.165, 1.54) is 0 Å². The first-order valence-electron chi connectivity index (χ1n) is 8.98. The molecule has 0 saturated carbocycles. The maximum Gasteiger partial charge on any atom is 0.194 e. The van der Waals surface area contributed by atoms with Crippen LogP contribution in [0, 0.1) is 0 Å². The fraction of sp³-hybridized carbons (Fsp3) is 0.333. The fourth-order valence-electron chi connectivity index (χ4n) is 3.62. The molecule has 28 heavy (non-hydrogen) atoms. The van der Waals surface area contributed by atoms with Gasteiger partial charge in [-0.2, -0.15) is 0 Å². The Bertz CT molecular complexity index is 903. The van der Waals surface area contributed by atoms with Crippen LogP contribution in [0.5, 0.6) is 0 Å². The summed E-state index contributed by atoms with van der Waals surface area (Å²) < 4.78 is 11.4. The third-order valence-electron chi connectivity index (χ3n) is 5.18. The number of aliphatic hydroxyl groups excluding tert-OH is 1. The van der Waals surface area contributed by atoms with Crippen molar-refractivity contribution in [2.75, 3.05) is 0 Å². The van der Waals surface area contributed by atoms with Crippen LogP contribution in [0.25, 0.3) is 0 Å². The van der Waals surface area contributed by atoms with E-state index in [9.17, 15) is 14.7 Å². The van der Waals surface area contributed by atoms with E-state index in [4.69, 9.17) is 15.2 Å². The first-order chi connectivity index (χ1) is 13.0. The standard InChI is InChI=1S/C21H21NO5.ClH/c1-11-19(23)17(22)9-18(27-11)26-10-12-6-7-15-16(8-12)21(25)14-5-3-2-4-13(14)20(15)24;/h2-8,11,17-19,23H,9-10,22H2,1H3;1H. The molecule has 1 heterocycles. The average Bonchev–Trinajstić information content (AvgIpc) is 2.68. The van der Waals surface area contributed by atoms with Crippen LogP contribution in [0.15, 0.2) is 42.5 Å². The topological polar surface area (TPSA) is 98.9 Å². The molecule has 7 heteroatoms. The summed E-state index contributed by atoms with van der Waals surface area (Å²) in [6, 6.07) is 11.6. The average molecular weight is 404 g/mol. The zero-order valence-corrected chi connectivity index (χ0v) is 16.1. The molecule has 0 spiro atoms. The third kappa shape index (κ3) is 3.62. The molecule has 4 atom stereocenters. The van der Waals surface area contributed by atoms with Gasteiger partial charge in [0.1, 0.15) is 0 Å². The Kier molecular flexibility index (Phi) is 5.98. The molecular formula is C21H22ClNO5. The van der Waals surface area contributed by atoms with E-state index >= 15 is 0 Å². The van der Waals surface area contributed by atoms with Crippen molar-refractivity contribution >= 4 is 24.0 Å². The van der Waals surface area contributed by atoms with Gasteiger partial charge in [-0.1, -0.05) is 30.3 Å². The highest BCUT2D eigenvalue weighted by Gasteiger charge is 2.34. The SMILES string of the molecule is CC1OC(OCc2ccc3c(c2)C(=O)c2ccccc2C3=O)CC(N)C1O.Cl. The molecule has 1 saturated heterocycles. The third-order valence-corrected chi connectivity index (χ3v) is 5.18. The smallest absolute Gasteiger partial charge is 0.194 e. The monoisotopic (exact) mass is 403 g/mol. The van der Waals surface area contributed by atoms with Crippen LogP contribution in [-0.2, 0) is 16.1 Å². The van der Waals surface area contributed by atoms with E-state index in [1.54, 1.807) is 49.4 Å². The lowest BCUT2D eigenvalue weighted by Crippen LogP contribution is -2.51. The predicted molar refractivity (Wildman–Crippen MR) is 105 cm³/mol. The van der Waals surface area contributed by atoms with Crippen molar-refractivity contribution in [3.63, 3.8) is 0 Å². The minimum atomic E-state index is -0.711. The number of rotatable bonds is 3. The largest absolute Gasteiger partial charge is 0.389 e. The number of ketones is 2. The molecule has 0 amide bonds. The van der Waals surface area contributed by atoms with Crippen molar-refractivity contribution in [2.24, 2.45) is 5.73 Å². The number of hydrogen-bond acceptors (Lipinski definition) is 6. The van der Waals surface area contributed by atoms with Crippen LogP contribution in [0.2, 0.25) is 0 Å². The Labute approximate surface area is 169 Å². The van der Waals surface area contributed by atoms with Crippen molar-refractivity contribution < 1.29 is 24.2 Å². The number of fused-ring (bicyclic) bond motifs is 2. The van der Waals surface area contributed by atoms with Gasteiger partial charge >= 0.3 is 0 Å². The van der Waals surface area contributed by atoms with E-state index < -0.39 is 24.5 Å². The minimum absolute atomic E-state index is 0. The number of carbonyl (C=O) groups is 2. The number of nitrogens with two attached hydrogens (primary N) is 1. The molecule has 4 rings (SSSR count). The highest BCUT2D eigenvalue weighted by Crippen LogP contribution is 2.28. The highest BCUT2D eigenvalue weighted by atomic mass is 35.5. The summed E-state index contributed by atoms with van der Waals surface area (Å²) in [6.07, 6.45) is -1.25. The van der Waals surface area contributed by atoms with Crippen molar-refractivity contribution in [1.82, 2.24) is 0 Å². The Balaban J connectivity index is 0.00000225. The van der Waals surface area contributed by atoms with Gasteiger partial charge in [0.05, 0.1) is 18.8 Å². The molecule has 0 radical (unpaired) electrons. The van der Waals surface area contributed by atoms with Crippen molar-refractivity contribution in [1.29, 1.82) is 0 Å². The zero-order chi connectivity index (χ0) is 19.1. The van der Waals surface area contributed by atoms with Gasteiger partial charge < -0.3 is 20.3 Å². The summed E-state index contributed by atoms with van der Waals surface area (Å²) >= 11 is 0. The molecule has 4 unspecified atom stereocenters. The number of carbonyl (C=O) groups excluding carboxylic acids is 2. The number of aliphatic hydroxyl groups is 1. The first kappa shape index (κ1) is 20.6. The Morgan fingerprint density at radius 2 is 1.68 bits per heavy atom. The number of benzene rings is 2. The summed E-state index contributed by atoms with van der Waals surface area (Å²) in [4.78, 5) is 25.4. The van der Waals surface area contributed by atoms with E-state index in [1.807, 2.05) is 0 Å². The van der Waals surface area contributed by atoms with Gasteiger partial charge in [-0.15, -0.1) is 12.4 Å². The molecular weight excluding hydrogens is 382 g/mol. The van der Waals surface area contributed by atoms with Gasteiger partial charge in [-0.25, -0.2) is 0 Å². The lowest BCUT2D eigenvalue weighted by molar-refractivity contribution is -0.226. The molecule has 6 nitrogen and oxygen atoms in total. The lowest BCUT2D eigenvalue weighted by atomic mass is 9.83. The summed E-state index contributed by atoms with van der Waals surface area (Å²) in [7, 11) is 0. The molecule has 1 aliphatic carbocycles. The number of halogens is 1. The normalized spacial score (nSPS) is 26.2. The van der Waals surface area contributed by atoms with Gasteiger partial charge in [-0.05, 0) is 24.6 Å². The molecule has 2 aromatic carbocycles. The fourth-order valence-corrected chi connectivity index (χ4v) is 3.62. The summed E-state index contributed by atoms with van der Waals surface area (Å²) in [5.41, 5.74) is 8.35. The first-order valence-corrected chi connectivity index (χ1v) is 8.98. The molecule has 3 N–H and O–H groups in total. The Morgan fingerprint density at radius 1 is 1.07 bits per heavy atom. The van der Waals surface area contributed by atoms with E-state index in [-0.39, 0.29) is 30.6 Å². The number of ether oxygens (including phenoxy) is 2. The number of hydrogen-bond donors (Lipinski definition) is 2. The van der Waals surface area contributed by atoms with E-state index in [0.29, 0.717) is 28.7 Å². The zero-order valence-electron chi connectivity index (χ0n) is 15.3. The van der Waals surface area contributed by atoms with Crippen LogP contribution in [0.1, 0.15) is 50.8 Å². The van der Waals surface area contributed by atoms with E-state index in [0.717, 1.165) is 5.56 Å². The van der Waals surface area contributed by atoms with Crippen LogP contribution >= 0.6 is 12.4 Å². The van der Waals surface area contributed by atoms with Gasteiger partial charge in [0, 0.05) is 34.7 Å². The second-order valence-electron chi connectivity index (χ2n) is 7.06. The van der Waals surface area contributed by atoms with Crippen molar-refractivity contribution in [3.05, 3.63) is 70.3 Å². The molecule has 148 valence electrons. The van der Waals surface area contributed by atoms with Crippen molar-refractivity contribution in [2.45, 2.75) is 44.5 Å². The second kappa shape index (κ2) is 8.11. The van der Waals surface area contributed by atoms with Gasteiger partial charge in [0.2, 0.25) is 0 Å². The minimum Gasteiger partial charge on any atom is -0.389 e. The molecule has 2 aromatic rings. The van der Waals surface area contributed by atoms with Gasteiger partial charge in [-0.3, -0.25) is 9.59 Å². The van der Waals surface area contributed by atoms with Crippen LogP contribution in [-0.4, -0.2) is 41.2 Å². The second-order valence-corrected chi connectivity index (χ2v) is 7.06. The van der Waals surface area contributed by atoms with Crippen LogP contribution < -0.4 is 5.73 Å². The molecule has 1 fully saturated rings. The quantitative estimate of drug-likeness (QED) is 0.695. The molecule has 1 aliphatic heterocycles. The van der Waals surface area contributed by atoms with Gasteiger partial charge in [0.15, 0.2) is 17.9 Å². The summed E-state index contributed by atoms with van der Waals surface area (Å²) in [5.74, 6) is -0.299. The lowest BCUT2D eigenvalue weighted by Gasteiger charge is -2.35. The predicted octanol–water partition coefficient (Wildman–Crippen LogP) is 2.22. The maximum atomic E-state index is 12.8. The summed E-state index contributed by atoms with van der Waals surface area (Å²) in [6.45, 7) is 1.97. The molecule has 2 aliphatic rings. The Hall–Kier alpha value is -2.09. The molecule has 0 bridgehead atoms. The van der Waals surface area contributed by atoms with Crippen LogP contribution in [0.3, 0.4) is 0 Å². The van der Waals surface area contributed by atoms with Crippen LogP contribution in [0.4, 0.5) is 0 Å². The summed E-state index contributed by atoms with van der Waals surface area (Å²) in [5, 5.41) is 9.84. The van der Waals surface area contributed by atoms with Crippen molar-refractivity contribution in [3.8, 4) is 0 Å².